The van der Waals surface area contributed by atoms with E-state index in [1.54, 1.807) is 6.08 Å². The number of hydrogen-bond acceptors (Lipinski definition) is 2. The van der Waals surface area contributed by atoms with Gasteiger partial charge in [-0.25, -0.2) is 0 Å². The average molecular weight is 138 g/mol. The molecule has 0 amide bonds. The Morgan fingerprint density at radius 3 is 3.00 bits per heavy atom. The van der Waals surface area contributed by atoms with E-state index in [4.69, 9.17) is 0 Å². The maximum absolute atomic E-state index is 10.6. The summed E-state index contributed by atoms with van der Waals surface area (Å²) in [5, 5.41) is 0. The second-order valence-electron chi connectivity index (χ2n) is 2.53. The first kappa shape index (κ1) is 7.19. The van der Waals surface area contributed by atoms with Crippen molar-refractivity contribution in [2.45, 2.75) is 19.3 Å². The zero-order valence-electron chi connectivity index (χ0n) is 5.75. The minimum absolute atomic E-state index is 0.183. The lowest BCUT2D eigenvalue weighted by molar-refractivity contribution is -0.115. The Balaban J connectivity index is 2.44. The summed E-state index contributed by atoms with van der Waals surface area (Å²) in [4.78, 5) is 20.7. The van der Waals surface area contributed by atoms with Crippen molar-refractivity contribution in [2.75, 3.05) is 0 Å². The van der Waals surface area contributed by atoms with Crippen LogP contribution in [0.4, 0.5) is 0 Å². The van der Waals surface area contributed by atoms with Crippen LogP contribution < -0.4 is 0 Å². The van der Waals surface area contributed by atoms with E-state index in [0.717, 1.165) is 12.7 Å². The van der Waals surface area contributed by atoms with Crippen LogP contribution in [0.1, 0.15) is 19.3 Å². The molecule has 0 spiro atoms. The molecular formula is C8H10O2. The predicted molar refractivity (Wildman–Crippen MR) is 37.6 cm³/mol. The SMILES string of the molecule is O=CCC1C=CC(=O)CC1. The Kier molecular flexibility index (Phi) is 2.37. The average Bonchev–Trinajstić information content (AvgIpc) is 1.95. The summed E-state index contributed by atoms with van der Waals surface area (Å²) in [7, 11) is 0. The van der Waals surface area contributed by atoms with Crippen molar-refractivity contribution in [3.05, 3.63) is 12.2 Å². The van der Waals surface area contributed by atoms with Gasteiger partial charge in [0.1, 0.15) is 6.29 Å². The minimum atomic E-state index is 0.183. The van der Waals surface area contributed by atoms with E-state index in [9.17, 15) is 9.59 Å². The number of rotatable bonds is 2. The van der Waals surface area contributed by atoms with Gasteiger partial charge in [-0.05, 0) is 18.4 Å². The largest absolute Gasteiger partial charge is 0.303 e. The fraction of sp³-hybridized carbons (Fsp3) is 0.500. The molecule has 0 aliphatic heterocycles. The van der Waals surface area contributed by atoms with Crippen LogP contribution in [0.25, 0.3) is 0 Å². The van der Waals surface area contributed by atoms with Crippen molar-refractivity contribution in [3.63, 3.8) is 0 Å². The molecule has 0 saturated heterocycles. The Labute approximate surface area is 59.9 Å². The summed E-state index contributed by atoms with van der Waals surface area (Å²) in [5.74, 6) is 0.498. The molecule has 1 unspecified atom stereocenters. The molecule has 2 heteroatoms. The number of allylic oxidation sites excluding steroid dienone is 2. The highest BCUT2D eigenvalue weighted by Crippen LogP contribution is 2.16. The first-order chi connectivity index (χ1) is 4.83. The summed E-state index contributed by atoms with van der Waals surface area (Å²) >= 11 is 0. The molecule has 1 atom stereocenters. The van der Waals surface area contributed by atoms with E-state index < -0.39 is 0 Å². The lowest BCUT2D eigenvalue weighted by Crippen LogP contribution is -2.07. The van der Waals surface area contributed by atoms with E-state index in [0.29, 0.717) is 18.8 Å². The molecule has 10 heavy (non-hydrogen) atoms. The normalized spacial score (nSPS) is 24.8. The summed E-state index contributed by atoms with van der Waals surface area (Å²) in [6.07, 6.45) is 6.33. The molecule has 1 aliphatic rings. The van der Waals surface area contributed by atoms with E-state index in [-0.39, 0.29) is 5.78 Å². The molecule has 2 nitrogen and oxygen atoms in total. The quantitative estimate of drug-likeness (QED) is 0.535. The molecule has 0 saturated carbocycles. The van der Waals surface area contributed by atoms with Crippen LogP contribution in [-0.4, -0.2) is 12.1 Å². The van der Waals surface area contributed by atoms with Gasteiger partial charge in [0.15, 0.2) is 5.78 Å². The third-order valence-electron chi connectivity index (χ3n) is 1.71. The molecule has 1 rings (SSSR count). The fourth-order valence-electron chi connectivity index (χ4n) is 1.07. The summed E-state index contributed by atoms with van der Waals surface area (Å²) in [6, 6.07) is 0. The number of hydrogen-bond donors (Lipinski definition) is 0. The molecule has 1 aliphatic carbocycles. The van der Waals surface area contributed by atoms with Crippen LogP contribution in [0.15, 0.2) is 12.2 Å². The van der Waals surface area contributed by atoms with Crippen LogP contribution in [0.3, 0.4) is 0 Å². The summed E-state index contributed by atoms with van der Waals surface area (Å²) < 4.78 is 0. The molecular weight excluding hydrogens is 128 g/mol. The van der Waals surface area contributed by atoms with Gasteiger partial charge in [0, 0.05) is 12.8 Å². The lowest BCUT2D eigenvalue weighted by Gasteiger charge is -2.11. The molecule has 0 N–H and O–H groups in total. The van der Waals surface area contributed by atoms with Crippen LogP contribution in [0.5, 0.6) is 0 Å². The Hall–Kier alpha value is -0.920. The first-order valence-electron chi connectivity index (χ1n) is 3.47. The molecule has 0 heterocycles. The molecule has 0 bridgehead atoms. The third-order valence-corrected chi connectivity index (χ3v) is 1.71. The van der Waals surface area contributed by atoms with Gasteiger partial charge in [0.25, 0.3) is 0 Å². The van der Waals surface area contributed by atoms with Crippen LogP contribution in [0, 0.1) is 5.92 Å². The number of carbonyl (C=O) groups is 2. The maximum atomic E-state index is 10.6. The topological polar surface area (TPSA) is 34.1 Å². The van der Waals surface area contributed by atoms with Crippen LogP contribution >= 0.6 is 0 Å². The van der Waals surface area contributed by atoms with Gasteiger partial charge in [0.2, 0.25) is 0 Å². The second-order valence-corrected chi connectivity index (χ2v) is 2.53. The first-order valence-corrected chi connectivity index (χ1v) is 3.47. The number of aldehydes is 1. The van der Waals surface area contributed by atoms with Crippen molar-refractivity contribution in [1.82, 2.24) is 0 Å². The van der Waals surface area contributed by atoms with Crippen molar-refractivity contribution < 1.29 is 9.59 Å². The van der Waals surface area contributed by atoms with E-state index in [2.05, 4.69) is 0 Å². The van der Waals surface area contributed by atoms with Crippen molar-refractivity contribution in [2.24, 2.45) is 5.92 Å². The fourth-order valence-corrected chi connectivity index (χ4v) is 1.07. The molecule has 0 radical (unpaired) electrons. The minimum Gasteiger partial charge on any atom is -0.303 e. The molecule has 0 fully saturated rings. The van der Waals surface area contributed by atoms with E-state index in [1.807, 2.05) is 6.08 Å². The number of carbonyl (C=O) groups excluding carboxylic acids is 2. The highest BCUT2D eigenvalue weighted by atomic mass is 16.1. The summed E-state index contributed by atoms with van der Waals surface area (Å²) in [6.45, 7) is 0. The van der Waals surface area contributed by atoms with E-state index >= 15 is 0 Å². The Morgan fingerprint density at radius 1 is 1.70 bits per heavy atom. The van der Waals surface area contributed by atoms with Crippen molar-refractivity contribution in [1.29, 1.82) is 0 Å². The van der Waals surface area contributed by atoms with Gasteiger partial charge >= 0.3 is 0 Å². The van der Waals surface area contributed by atoms with Crippen LogP contribution in [-0.2, 0) is 9.59 Å². The van der Waals surface area contributed by atoms with Crippen LogP contribution in [0.2, 0.25) is 0 Å². The maximum Gasteiger partial charge on any atom is 0.155 e. The van der Waals surface area contributed by atoms with Gasteiger partial charge in [-0.2, -0.15) is 0 Å². The Bertz CT molecular complexity index is 170. The van der Waals surface area contributed by atoms with Gasteiger partial charge in [0.05, 0.1) is 0 Å². The van der Waals surface area contributed by atoms with E-state index in [1.165, 1.54) is 0 Å². The smallest absolute Gasteiger partial charge is 0.155 e. The summed E-state index contributed by atoms with van der Waals surface area (Å²) in [5.41, 5.74) is 0. The molecule has 0 aromatic rings. The zero-order valence-corrected chi connectivity index (χ0v) is 5.75. The monoisotopic (exact) mass is 138 g/mol. The number of ketones is 1. The van der Waals surface area contributed by atoms with Crippen molar-refractivity contribution in [3.8, 4) is 0 Å². The predicted octanol–water partition coefficient (Wildman–Crippen LogP) is 1.11. The van der Waals surface area contributed by atoms with Gasteiger partial charge in [-0.15, -0.1) is 0 Å². The second kappa shape index (κ2) is 3.30. The molecule has 54 valence electrons. The zero-order chi connectivity index (χ0) is 7.40. The molecule has 0 aromatic heterocycles. The van der Waals surface area contributed by atoms with Gasteiger partial charge < -0.3 is 4.79 Å². The van der Waals surface area contributed by atoms with Gasteiger partial charge in [-0.1, -0.05) is 6.08 Å². The Morgan fingerprint density at radius 2 is 2.50 bits per heavy atom. The van der Waals surface area contributed by atoms with Crippen molar-refractivity contribution >= 4 is 12.1 Å². The highest BCUT2D eigenvalue weighted by molar-refractivity contribution is 5.90. The third kappa shape index (κ3) is 1.79. The van der Waals surface area contributed by atoms with Gasteiger partial charge in [-0.3, -0.25) is 4.79 Å². The molecule has 0 aromatic carbocycles. The lowest BCUT2D eigenvalue weighted by atomic mass is 9.93. The standard InChI is InChI=1S/C8H10O2/c9-6-5-7-1-3-8(10)4-2-7/h1,3,6-7H,2,4-5H2. The highest BCUT2D eigenvalue weighted by Gasteiger charge is 2.11.